The van der Waals surface area contributed by atoms with Crippen molar-refractivity contribution in [1.29, 1.82) is 0 Å². The number of rotatable bonds is 3. The lowest BCUT2D eigenvalue weighted by molar-refractivity contribution is 0.0985. The highest BCUT2D eigenvalue weighted by Crippen LogP contribution is 2.28. The van der Waals surface area contributed by atoms with Crippen LogP contribution in [0.15, 0.2) is 18.2 Å². The molecule has 0 aliphatic rings. The van der Waals surface area contributed by atoms with Crippen LogP contribution in [0.2, 0.25) is 0 Å². The number of hydrogen-bond acceptors (Lipinski definition) is 2. The number of benzene rings is 1. The molecule has 0 saturated heterocycles. The van der Waals surface area contributed by atoms with Crippen molar-refractivity contribution in [2.45, 2.75) is 39.5 Å². The zero-order valence-electron chi connectivity index (χ0n) is 10.8. The number of ketones is 1. The fourth-order valence-electron chi connectivity index (χ4n) is 1.58. The Kier molecular flexibility index (Phi) is 3.74. The molecule has 2 heteroatoms. The second kappa shape index (κ2) is 4.69. The molecule has 88 valence electrons. The van der Waals surface area contributed by atoms with Crippen molar-refractivity contribution in [1.82, 2.24) is 0 Å². The molecule has 1 aromatic carbocycles. The van der Waals surface area contributed by atoms with Gasteiger partial charge in [0, 0.05) is 6.42 Å². The number of Topliss-reactive ketones (excluding diaryl/α,β-unsaturated/α-hetero) is 1. The minimum absolute atomic E-state index is 0.0506. The Balaban J connectivity index is 3.27. The molecular formula is C14H20O2. The molecule has 0 unspecified atom stereocenters. The fraction of sp³-hybridized carbons (Fsp3) is 0.500. The predicted octanol–water partition coefficient (Wildman–Crippen LogP) is 3.59. The van der Waals surface area contributed by atoms with Crippen LogP contribution >= 0.6 is 0 Å². The first kappa shape index (κ1) is 12.8. The summed E-state index contributed by atoms with van der Waals surface area (Å²) in [6.07, 6.45) is 0.504. The van der Waals surface area contributed by atoms with Crippen molar-refractivity contribution in [3.8, 4) is 5.75 Å². The summed E-state index contributed by atoms with van der Waals surface area (Å²) >= 11 is 0. The number of ether oxygens (including phenoxy) is 1. The minimum atomic E-state index is 0.0506. The van der Waals surface area contributed by atoms with E-state index in [1.807, 2.05) is 25.1 Å². The molecule has 2 nitrogen and oxygen atoms in total. The maximum Gasteiger partial charge on any atom is 0.166 e. The topological polar surface area (TPSA) is 26.3 Å². The molecule has 1 aromatic rings. The molecule has 0 saturated carbocycles. The van der Waals surface area contributed by atoms with Gasteiger partial charge in [0.2, 0.25) is 0 Å². The Morgan fingerprint density at radius 2 is 1.94 bits per heavy atom. The van der Waals surface area contributed by atoms with Crippen LogP contribution in [-0.2, 0) is 5.41 Å². The summed E-state index contributed by atoms with van der Waals surface area (Å²) in [5.74, 6) is 0.794. The Labute approximate surface area is 97.6 Å². The first-order chi connectivity index (χ1) is 7.40. The van der Waals surface area contributed by atoms with Gasteiger partial charge in [0.15, 0.2) is 5.78 Å². The summed E-state index contributed by atoms with van der Waals surface area (Å²) < 4.78 is 5.22. The van der Waals surface area contributed by atoms with E-state index in [1.165, 1.54) is 0 Å². The second-order valence-corrected chi connectivity index (χ2v) is 4.94. The lowest BCUT2D eigenvalue weighted by Crippen LogP contribution is -2.12. The normalized spacial score (nSPS) is 11.3. The number of carbonyl (C=O) groups is 1. The van der Waals surface area contributed by atoms with Gasteiger partial charge in [-0.15, -0.1) is 0 Å². The minimum Gasteiger partial charge on any atom is -0.496 e. The van der Waals surface area contributed by atoms with Crippen molar-refractivity contribution in [3.05, 3.63) is 29.3 Å². The standard InChI is InChI=1S/C14H20O2/c1-6-12(15)11-9-10(14(2,3)4)7-8-13(11)16-5/h7-9H,6H2,1-5H3. The SMILES string of the molecule is CCC(=O)c1cc(C(C)(C)C)ccc1OC. The predicted molar refractivity (Wildman–Crippen MR) is 66.3 cm³/mol. The molecule has 0 radical (unpaired) electrons. The lowest BCUT2D eigenvalue weighted by Gasteiger charge is -2.20. The van der Waals surface area contributed by atoms with Gasteiger partial charge < -0.3 is 4.74 Å². The molecule has 16 heavy (non-hydrogen) atoms. The van der Waals surface area contributed by atoms with Gasteiger partial charge in [0.05, 0.1) is 12.7 Å². The summed E-state index contributed by atoms with van der Waals surface area (Å²) in [6, 6.07) is 5.85. The van der Waals surface area contributed by atoms with Crippen molar-refractivity contribution in [3.63, 3.8) is 0 Å². The molecule has 0 heterocycles. The third-order valence-electron chi connectivity index (χ3n) is 2.69. The van der Waals surface area contributed by atoms with Crippen LogP contribution < -0.4 is 4.74 Å². The quantitative estimate of drug-likeness (QED) is 0.728. The van der Waals surface area contributed by atoms with Crippen LogP contribution in [0.3, 0.4) is 0 Å². The van der Waals surface area contributed by atoms with Crippen molar-refractivity contribution in [2.24, 2.45) is 0 Å². The monoisotopic (exact) mass is 220 g/mol. The van der Waals surface area contributed by atoms with E-state index in [0.717, 1.165) is 5.56 Å². The Bertz CT molecular complexity index is 386. The molecule has 0 aliphatic carbocycles. The zero-order valence-corrected chi connectivity index (χ0v) is 10.8. The van der Waals surface area contributed by atoms with Gasteiger partial charge in [-0.1, -0.05) is 33.8 Å². The second-order valence-electron chi connectivity index (χ2n) is 4.94. The summed E-state index contributed by atoms with van der Waals surface area (Å²) in [5, 5.41) is 0. The maximum absolute atomic E-state index is 11.8. The highest BCUT2D eigenvalue weighted by Gasteiger charge is 2.18. The third kappa shape index (κ3) is 2.63. The zero-order chi connectivity index (χ0) is 12.3. The first-order valence-electron chi connectivity index (χ1n) is 5.62. The van der Waals surface area contributed by atoms with Crippen molar-refractivity contribution >= 4 is 5.78 Å². The van der Waals surface area contributed by atoms with E-state index >= 15 is 0 Å². The van der Waals surface area contributed by atoms with Gasteiger partial charge in [-0.05, 0) is 23.1 Å². The number of carbonyl (C=O) groups excluding carboxylic acids is 1. The van der Waals surface area contributed by atoms with Gasteiger partial charge in [-0.2, -0.15) is 0 Å². The van der Waals surface area contributed by atoms with Gasteiger partial charge in [-0.25, -0.2) is 0 Å². The third-order valence-corrected chi connectivity index (χ3v) is 2.69. The van der Waals surface area contributed by atoms with Crippen LogP contribution in [0.5, 0.6) is 5.75 Å². The molecule has 0 amide bonds. The van der Waals surface area contributed by atoms with Gasteiger partial charge in [0.1, 0.15) is 5.75 Å². The average molecular weight is 220 g/mol. The molecule has 0 N–H and O–H groups in total. The Morgan fingerprint density at radius 3 is 2.38 bits per heavy atom. The van der Waals surface area contributed by atoms with Crippen molar-refractivity contribution in [2.75, 3.05) is 7.11 Å². The van der Waals surface area contributed by atoms with Crippen LogP contribution in [0.4, 0.5) is 0 Å². The first-order valence-corrected chi connectivity index (χ1v) is 5.62. The summed E-state index contributed by atoms with van der Waals surface area (Å²) in [6.45, 7) is 8.27. The van der Waals surface area contributed by atoms with Crippen molar-refractivity contribution < 1.29 is 9.53 Å². The van der Waals surface area contributed by atoms with E-state index in [2.05, 4.69) is 20.8 Å². The largest absolute Gasteiger partial charge is 0.496 e. The van der Waals surface area contributed by atoms with Gasteiger partial charge in [-0.3, -0.25) is 4.79 Å². The van der Waals surface area contributed by atoms with Crippen LogP contribution in [-0.4, -0.2) is 12.9 Å². The number of hydrogen-bond donors (Lipinski definition) is 0. The lowest BCUT2D eigenvalue weighted by atomic mass is 9.85. The number of methoxy groups -OCH3 is 1. The molecule has 0 fully saturated rings. The van der Waals surface area contributed by atoms with E-state index in [-0.39, 0.29) is 11.2 Å². The molecule has 0 aliphatic heterocycles. The fourth-order valence-corrected chi connectivity index (χ4v) is 1.58. The van der Waals surface area contributed by atoms with Crippen LogP contribution in [0.1, 0.15) is 50.0 Å². The van der Waals surface area contributed by atoms with E-state index in [4.69, 9.17) is 4.74 Å². The highest BCUT2D eigenvalue weighted by atomic mass is 16.5. The smallest absolute Gasteiger partial charge is 0.166 e. The van der Waals surface area contributed by atoms with E-state index < -0.39 is 0 Å². The molecule has 0 spiro atoms. The molecule has 0 bridgehead atoms. The van der Waals surface area contributed by atoms with Crippen LogP contribution in [0.25, 0.3) is 0 Å². The van der Waals surface area contributed by atoms with Crippen LogP contribution in [0, 0.1) is 0 Å². The average Bonchev–Trinajstić information content (AvgIpc) is 2.25. The molecule has 1 rings (SSSR count). The molecule has 0 aromatic heterocycles. The summed E-state index contributed by atoms with van der Waals surface area (Å²) in [7, 11) is 1.60. The summed E-state index contributed by atoms with van der Waals surface area (Å²) in [5.41, 5.74) is 1.90. The van der Waals surface area contributed by atoms with Gasteiger partial charge >= 0.3 is 0 Å². The van der Waals surface area contributed by atoms with E-state index in [0.29, 0.717) is 17.7 Å². The molecule has 0 atom stereocenters. The van der Waals surface area contributed by atoms with Gasteiger partial charge in [0.25, 0.3) is 0 Å². The van der Waals surface area contributed by atoms with E-state index in [1.54, 1.807) is 7.11 Å². The maximum atomic E-state index is 11.8. The van der Waals surface area contributed by atoms with E-state index in [9.17, 15) is 4.79 Å². The Hall–Kier alpha value is -1.31. The highest BCUT2D eigenvalue weighted by molar-refractivity contribution is 5.98. The molecular weight excluding hydrogens is 200 g/mol. The Morgan fingerprint density at radius 1 is 1.31 bits per heavy atom. The summed E-state index contributed by atoms with van der Waals surface area (Å²) in [4.78, 5) is 11.8.